The van der Waals surface area contributed by atoms with E-state index in [4.69, 9.17) is 4.74 Å². The fourth-order valence-corrected chi connectivity index (χ4v) is 1.34. The first-order valence-electron chi connectivity index (χ1n) is 4.46. The molecule has 0 unspecified atom stereocenters. The van der Waals surface area contributed by atoms with Gasteiger partial charge in [-0.1, -0.05) is 0 Å². The Morgan fingerprint density at radius 2 is 2.31 bits per heavy atom. The summed E-state index contributed by atoms with van der Waals surface area (Å²) >= 11 is 3.06. The van der Waals surface area contributed by atoms with E-state index in [1.54, 1.807) is 19.2 Å². The van der Waals surface area contributed by atoms with Crippen molar-refractivity contribution in [3.8, 4) is 5.75 Å². The first-order chi connectivity index (χ1) is 7.65. The van der Waals surface area contributed by atoms with Gasteiger partial charge in [0.2, 0.25) is 5.82 Å². The van der Waals surface area contributed by atoms with Gasteiger partial charge in [-0.3, -0.25) is 0 Å². The van der Waals surface area contributed by atoms with E-state index in [-0.39, 0.29) is 12.4 Å². The number of rotatable bonds is 3. The van der Waals surface area contributed by atoms with Gasteiger partial charge in [0.15, 0.2) is 6.61 Å². The van der Waals surface area contributed by atoms with E-state index in [2.05, 4.69) is 31.3 Å². The van der Waals surface area contributed by atoms with Gasteiger partial charge in [-0.25, -0.2) is 4.39 Å². The number of benzene rings is 1. The summed E-state index contributed by atoms with van der Waals surface area (Å²) in [5, 5.41) is 11.3. The molecule has 1 heterocycles. The van der Waals surface area contributed by atoms with Gasteiger partial charge in [0, 0.05) is 6.07 Å². The fourth-order valence-electron chi connectivity index (χ4n) is 1.10. The number of ether oxygens (including phenoxy) is 1. The maximum Gasteiger partial charge on any atom is 0.212 e. The summed E-state index contributed by atoms with van der Waals surface area (Å²) in [4.78, 5) is 1.33. The molecular weight excluding hydrogens is 279 g/mol. The maximum absolute atomic E-state index is 13.1. The molecule has 0 amide bonds. The monoisotopic (exact) mass is 286 g/mol. The van der Waals surface area contributed by atoms with Gasteiger partial charge in [-0.05, 0) is 33.3 Å². The lowest BCUT2D eigenvalue weighted by Gasteiger charge is -2.03. The summed E-state index contributed by atoms with van der Waals surface area (Å²) < 4.78 is 18.8. The molecule has 1 aromatic carbocycles. The predicted octanol–water partition coefficient (Wildman–Crippen LogP) is 1.69. The van der Waals surface area contributed by atoms with E-state index in [0.717, 1.165) is 0 Å². The van der Waals surface area contributed by atoms with Gasteiger partial charge in [0.1, 0.15) is 11.6 Å². The van der Waals surface area contributed by atoms with Crippen LogP contribution in [0.15, 0.2) is 22.7 Å². The summed E-state index contributed by atoms with van der Waals surface area (Å²) in [6, 6.07) is 4.53. The number of hydrogen-bond acceptors (Lipinski definition) is 4. The molecule has 16 heavy (non-hydrogen) atoms. The molecule has 5 nitrogen and oxygen atoms in total. The Hall–Kier alpha value is -1.50. The van der Waals surface area contributed by atoms with Gasteiger partial charge in [-0.2, -0.15) is 4.80 Å². The van der Waals surface area contributed by atoms with Crippen LogP contribution in [-0.4, -0.2) is 20.2 Å². The molecule has 0 aliphatic rings. The molecule has 0 bridgehead atoms. The average Bonchev–Trinajstić information content (AvgIpc) is 2.66. The van der Waals surface area contributed by atoms with Crippen molar-refractivity contribution >= 4 is 15.9 Å². The quantitative estimate of drug-likeness (QED) is 0.862. The Labute approximate surface area is 99.3 Å². The fraction of sp³-hybridized carbons (Fsp3) is 0.222. The summed E-state index contributed by atoms with van der Waals surface area (Å²) in [5.41, 5.74) is 0. The molecule has 0 saturated heterocycles. The first-order valence-corrected chi connectivity index (χ1v) is 5.25. The molecular formula is C9H8BrFN4O. The largest absolute Gasteiger partial charge is 0.485 e. The van der Waals surface area contributed by atoms with E-state index in [1.165, 1.54) is 10.9 Å². The highest BCUT2D eigenvalue weighted by molar-refractivity contribution is 9.10. The Morgan fingerprint density at radius 3 is 2.94 bits per heavy atom. The smallest absolute Gasteiger partial charge is 0.212 e. The highest BCUT2D eigenvalue weighted by atomic mass is 79.9. The predicted molar refractivity (Wildman–Crippen MR) is 57.2 cm³/mol. The molecule has 84 valence electrons. The first kappa shape index (κ1) is 11.0. The minimum absolute atomic E-state index is 0.162. The normalized spacial score (nSPS) is 10.4. The summed E-state index contributed by atoms with van der Waals surface area (Å²) in [5.74, 6) is 0.503. The van der Waals surface area contributed by atoms with Crippen LogP contribution in [-0.2, 0) is 13.7 Å². The van der Waals surface area contributed by atoms with Crippen LogP contribution >= 0.6 is 15.9 Å². The van der Waals surface area contributed by atoms with Crippen LogP contribution < -0.4 is 4.74 Å². The van der Waals surface area contributed by atoms with E-state index in [9.17, 15) is 4.39 Å². The van der Waals surface area contributed by atoms with E-state index >= 15 is 0 Å². The zero-order chi connectivity index (χ0) is 11.5. The second kappa shape index (κ2) is 4.56. The van der Waals surface area contributed by atoms with Crippen LogP contribution in [0.3, 0.4) is 0 Å². The van der Waals surface area contributed by atoms with Crippen LogP contribution in [0, 0.1) is 5.82 Å². The second-order valence-electron chi connectivity index (χ2n) is 3.06. The summed E-state index contributed by atoms with van der Waals surface area (Å²) in [7, 11) is 1.66. The van der Waals surface area contributed by atoms with Gasteiger partial charge in [-0.15, -0.1) is 10.2 Å². The zero-order valence-corrected chi connectivity index (χ0v) is 9.98. The average molecular weight is 287 g/mol. The molecule has 0 aliphatic carbocycles. The van der Waals surface area contributed by atoms with Crippen molar-refractivity contribution in [3.05, 3.63) is 34.3 Å². The van der Waals surface area contributed by atoms with Gasteiger partial charge < -0.3 is 4.74 Å². The standard InChI is InChI=1S/C9H8BrFN4O/c1-15-13-9(12-14-15)5-16-6-2-3-7(10)8(11)4-6/h2-4H,5H2,1H3. The van der Waals surface area contributed by atoms with Crippen molar-refractivity contribution in [2.24, 2.45) is 7.05 Å². The van der Waals surface area contributed by atoms with Crippen molar-refractivity contribution < 1.29 is 9.13 Å². The van der Waals surface area contributed by atoms with Crippen molar-refractivity contribution in [2.75, 3.05) is 0 Å². The third-order valence-electron chi connectivity index (χ3n) is 1.81. The summed E-state index contributed by atoms with van der Waals surface area (Å²) in [6.07, 6.45) is 0. The molecule has 0 atom stereocenters. The second-order valence-corrected chi connectivity index (χ2v) is 3.91. The lowest BCUT2D eigenvalue weighted by molar-refractivity contribution is 0.293. The summed E-state index contributed by atoms with van der Waals surface area (Å²) in [6.45, 7) is 0.162. The number of hydrogen-bond donors (Lipinski definition) is 0. The Bertz CT molecular complexity index is 502. The van der Waals surface area contributed by atoms with Crippen molar-refractivity contribution in [1.82, 2.24) is 20.2 Å². The van der Waals surface area contributed by atoms with Crippen LogP contribution in [0.4, 0.5) is 4.39 Å². The van der Waals surface area contributed by atoms with Crippen LogP contribution in [0.2, 0.25) is 0 Å². The molecule has 2 aromatic rings. The molecule has 0 spiro atoms. The molecule has 0 aliphatic heterocycles. The topological polar surface area (TPSA) is 52.8 Å². The SMILES string of the molecule is Cn1nnc(COc2ccc(Br)c(F)c2)n1. The molecule has 0 saturated carbocycles. The highest BCUT2D eigenvalue weighted by Gasteiger charge is 2.04. The number of aryl methyl sites for hydroxylation is 1. The minimum Gasteiger partial charge on any atom is -0.485 e. The number of aromatic nitrogens is 4. The van der Waals surface area contributed by atoms with Gasteiger partial charge in [0.05, 0.1) is 11.5 Å². The molecule has 1 aromatic heterocycles. The van der Waals surface area contributed by atoms with E-state index in [1.807, 2.05) is 0 Å². The van der Waals surface area contributed by atoms with Crippen LogP contribution in [0.1, 0.15) is 5.82 Å². The molecule has 0 N–H and O–H groups in total. The van der Waals surface area contributed by atoms with Gasteiger partial charge in [0.25, 0.3) is 0 Å². The molecule has 2 rings (SSSR count). The van der Waals surface area contributed by atoms with Crippen molar-refractivity contribution in [2.45, 2.75) is 6.61 Å². The lowest BCUT2D eigenvalue weighted by atomic mass is 10.3. The number of nitrogens with zero attached hydrogens (tertiary/aromatic N) is 4. The maximum atomic E-state index is 13.1. The zero-order valence-electron chi connectivity index (χ0n) is 8.39. The van der Waals surface area contributed by atoms with Crippen LogP contribution in [0.25, 0.3) is 0 Å². The van der Waals surface area contributed by atoms with Crippen molar-refractivity contribution in [3.63, 3.8) is 0 Å². The third kappa shape index (κ3) is 2.54. The Kier molecular flexibility index (Phi) is 3.14. The minimum atomic E-state index is -0.371. The number of halogens is 2. The molecule has 0 radical (unpaired) electrons. The van der Waals surface area contributed by atoms with Crippen LogP contribution in [0.5, 0.6) is 5.75 Å². The molecule has 0 fully saturated rings. The number of tetrazole rings is 1. The Balaban J connectivity index is 2.02. The third-order valence-corrected chi connectivity index (χ3v) is 2.45. The molecule has 7 heteroatoms. The lowest BCUT2D eigenvalue weighted by Crippen LogP contribution is -1.99. The highest BCUT2D eigenvalue weighted by Crippen LogP contribution is 2.21. The van der Waals surface area contributed by atoms with E-state index in [0.29, 0.717) is 16.0 Å². The Morgan fingerprint density at radius 1 is 1.50 bits per heavy atom. The van der Waals surface area contributed by atoms with Crippen molar-refractivity contribution in [1.29, 1.82) is 0 Å². The van der Waals surface area contributed by atoms with Gasteiger partial charge >= 0.3 is 0 Å². The van der Waals surface area contributed by atoms with E-state index < -0.39 is 0 Å².